The van der Waals surface area contributed by atoms with Crippen LogP contribution in [-0.2, 0) is 0 Å². The van der Waals surface area contributed by atoms with Crippen LogP contribution < -0.4 is 4.90 Å². The van der Waals surface area contributed by atoms with Crippen LogP contribution in [0.2, 0.25) is 0 Å². The van der Waals surface area contributed by atoms with Crippen LogP contribution in [0.3, 0.4) is 0 Å². The van der Waals surface area contributed by atoms with Gasteiger partial charge in [-0.2, -0.15) is 0 Å². The lowest BCUT2D eigenvalue weighted by Crippen LogP contribution is -2.26. The van der Waals surface area contributed by atoms with Gasteiger partial charge in [-0.3, -0.25) is 9.69 Å². The number of para-hydroxylation sites is 2. The molecule has 108 valence electrons. The maximum absolute atomic E-state index is 13.1. The molecule has 0 spiro atoms. The van der Waals surface area contributed by atoms with Crippen LogP contribution in [0.4, 0.5) is 11.4 Å². The SMILES string of the molecule is O=C(c1ccccc1I)N(c1ccccc1)c1ccccc1. The minimum atomic E-state index is -0.0256. The maximum Gasteiger partial charge on any atom is 0.263 e. The summed E-state index contributed by atoms with van der Waals surface area (Å²) in [6, 6.07) is 27.1. The highest BCUT2D eigenvalue weighted by Gasteiger charge is 2.21. The largest absolute Gasteiger partial charge is 0.277 e. The number of carbonyl (C=O) groups is 1. The van der Waals surface area contributed by atoms with E-state index in [9.17, 15) is 4.79 Å². The Hall–Kier alpha value is -2.14. The summed E-state index contributed by atoms with van der Waals surface area (Å²) in [4.78, 5) is 14.8. The van der Waals surface area contributed by atoms with Gasteiger partial charge >= 0.3 is 0 Å². The molecule has 1 amide bonds. The number of halogens is 1. The maximum atomic E-state index is 13.1. The minimum absolute atomic E-state index is 0.0256. The molecule has 0 saturated carbocycles. The second-order valence-electron chi connectivity index (χ2n) is 4.79. The molecule has 0 radical (unpaired) electrons. The molecule has 0 heterocycles. The third kappa shape index (κ3) is 3.04. The summed E-state index contributed by atoms with van der Waals surface area (Å²) in [7, 11) is 0. The Labute approximate surface area is 143 Å². The molecule has 0 bridgehead atoms. The lowest BCUT2D eigenvalue weighted by atomic mass is 10.1. The van der Waals surface area contributed by atoms with Crippen molar-refractivity contribution in [3.63, 3.8) is 0 Å². The summed E-state index contributed by atoms with van der Waals surface area (Å²) >= 11 is 2.20. The van der Waals surface area contributed by atoms with Gasteiger partial charge in [0.25, 0.3) is 5.91 Å². The number of hydrogen-bond donors (Lipinski definition) is 0. The minimum Gasteiger partial charge on any atom is -0.277 e. The Kier molecular flexibility index (Phi) is 4.53. The lowest BCUT2D eigenvalue weighted by molar-refractivity contribution is 0.0998. The number of anilines is 2. The number of rotatable bonds is 3. The predicted molar refractivity (Wildman–Crippen MR) is 98.5 cm³/mol. The van der Waals surface area contributed by atoms with Crippen molar-refractivity contribution in [1.29, 1.82) is 0 Å². The van der Waals surface area contributed by atoms with Gasteiger partial charge in [0.05, 0.1) is 5.56 Å². The van der Waals surface area contributed by atoms with E-state index in [2.05, 4.69) is 22.6 Å². The van der Waals surface area contributed by atoms with Gasteiger partial charge < -0.3 is 0 Å². The summed E-state index contributed by atoms with van der Waals surface area (Å²) in [6.45, 7) is 0. The van der Waals surface area contributed by atoms with Crippen LogP contribution in [0.25, 0.3) is 0 Å². The molecule has 3 heteroatoms. The molecular formula is C19H14INO. The monoisotopic (exact) mass is 399 g/mol. The van der Waals surface area contributed by atoms with E-state index in [1.54, 1.807) is 4.90 Å². The zero-order valence-corrected chi connectivity index (χ0v) is 14.0. The fourth-order valence-electron chi connectivity index (χ4n) is 2.29. The summed E-state index contributed by atoms with van der Waals surface area (Å²) in [5.74, 6) is -0.0256. The van der Waals surface area contributed by atoms with Gasteiger partial charge in [-0.1, -0.05) is 48.5 Å². The van der Waals surface area contributed by atoms with E-state index in [1.807, 2.05) is 84.9 Å². The van der Waals surface area contributed by atoms with E-state index < -0.39 is 0 Å². The molecule has 3 aromatic carbocycles. The summed E-state index contributed by atoms with van der Waals surface area (Å²) in [5, 5.41) is 0. The van der Waals surface area contributed by atoms with E-state index in [0.29, 0.717) is 5.56 Å². The smallest absolute Gasteiger partial charge is 0.263 e. The van der Waals surface area contributed by atoms with E-state index in [1.165, 1.54) is 0 Å². The molecule has 22 heavy (non-hydrogen) atoms. The highest BCUT2D eigenvalue weighted by molar-refractivity contribution is 14.1. The third-order valence-electron chi connectivity index (χ3n) is 3.34. The van der Waals surface area contributed by atoms with Crippen LogP contribution in [0, 0.1) is 3.57 Å². The van der Waals surface area contributed by atoms with Crippen molar-refractivity contribution in [3.05, 3.63) is 94.1 Å². The van der Waals surface area contributed by atoms with Gasteiger partial charge in [0.15, 0.2) is 0 Å². The van der Waals surface area contributed by atoms with Gasteiger partial charge in [0.2, 0.25) is 0 Å². The van der Waals surface area contributed by atoms with Crippen LogP contribution in [0.1, 0.15) is 10.4 Å². The van der Waals surface area contributed by atoms with Gasteiger partial charge in [-0.15, -0.1) is 0 Å². The van der Waals surface area contributed by atoms with Crippen molar-refractivity contribution in [3.8, 4) is 0 Å². The van der Waals surface area contributed by atoms with E-state index in [4.69, 9.17) is 0 Å². The first-order valence-corrected chi connectivity index (χ1v) is 8.04. The van der Waals surface area contributed by atoms with E-state index >= 15 is 0 Å². The Morgan fingerprint density at radius 2 is 1.14 bits per heavy atom. The molecule has 0 fully saturated rings. The molecule has 0 aliphatic heterocycles. The van der Waals surface area contributed by atoms with Crippen LogP contribution in [0.5, 0.6) is 0 Å². The first-order chi connectivity index (χ1) is 10.8. The van der Waals surface area contributed by atoms with Crippen molar-refractivity contribution in [1.82, 2.24) is 0 Å². The molecule has 3 aromatic rings. The van der Waals surface area contributed by atoms with Crippen molar-refractivity contribution in [2.45, 2.75) is 0 Å². The first-order valence-electron chi connectivity index (χ1n) is 6.96. The zero-order chi connectivity index (χ0) is 15.4. The molecule has 0 aliphatic carbocycles. The Bertz CT molecular complexity index is 732. The van der Waals surface area contributed by atoms with Crippen LogP contribution in [0.15, 0.2) is 84.9 Å². The number of benzene rings is 3. The summed E-state index contributed by atoms with van der Waals surface area (Å²) < 4.78 is 0.946. The van der Waals surface area contributed by atoms with Crippen molar-refractivity contribution >= 4 is 39.9 Å². The Morgan fingerprint density at radius 3 is 1.64 bits per heavy atom. The topological polar surface area (TPSA) is 20.3 Å². The highest BCUT2D eigenvalue weighted by Crippen LogP contribution is 2.28. The van der Waals surface area contributed by atoms with Crippen LogP contribution >= 0.6 is 22.6 Å². The normalized spacial score (nSPS) is 10.2. The molecule has 2 nitrogen and oxygen atoms in total. The second kappa shape index (κ2) is 6.75. The standard InChI is InChI=1S/C19H14INO/c20-18-14-8-7-13-17(18)19(22)21(15-9-3-1-4-10-15)16-11-5-2-6-12-16/h1-14H. The zero-order valence-electron chi connectivity index (χ0n) is 11.8. The molecule has 3 rings (SSSR count). The van der Waals surface area contributed by atoms with Gasteiger partial charge in [0, 0.05) is 14.9 Å². The average molecular weight is 399 g/mol. The number of amides is 1. The quantitative estimate of drug-likeness (QED) is 0.550. The van der Waals surface area contributed by atoms with Gasteiger partial charge in [-0.25, -0.2) is 0 Å². The molecule has 0 aromatic heterocycles. The summed E-state index contributed by atoms with van der Waals surface area (Å²) in [6.07, 6.45) is 0. The Balaban J connectivity index is 2.11. The van der Waals surface area contributed by atoms with E-state index in [0.717, 1.165) is 14.9 Å². The van der Waals surface area contributed by atoms with Crippen molar-refractivity contribution in [2.24, 2.45) is 0 Å². The number of nitrogens with zero attached hydrogens (tertiary/aromatic N) is 1. The fraction of sp³-hybridized carbons (Fsp3) is 0. The second-order valence-corrected chi connectivity index (χ2v) is 5.95. The molecule has 0 N–H and O–H groups in total. The van der Waals surface area contributed by atoms with E-state index in [-0.39, 0.29) is 5.91 Å². The average Bonchev–Trinajstić information content (AvgIpc) is 2.57. The number of hydrogen-bond acceptors (Lipinski definition) is 1. The van der Waals surface area contributed by atoms with Crippen molar-refractivity contribution < 1.29 is 4.79 Å². The summed E-state index contributed by atoms with van der Waals surface area (Å²) in [5.41, 5.74) is 2.42. The lowest BCUT2D eigenvalue weighted by Gasteiger charge is -2.23. The van der Waals surface area contributed by atoms with Crippen LogP contribution in [-0.4, -0.2) is 5.91 Å². The van der Waals surface area contributed by atoms with Crippen molar-refractivity contribution in [2.75, 3.05) is 4.90 Å². The molecule has 0 atom stereocenters. The fourth-order valence-corrected chi connectivity index (χ4v) is 2.91. The highest BCUT2D eigenvalue weighted by atomic mass is 127. The van der Waals surface area contributed by atoms with Gasteiger partial charge in [0.1, 0.15) is 0 Å². The molecule has 0 aliphatic rings. The molecule has 0 saturated heterocycles. The molecule has 0 unspecified atom stereocenters. The third-order valence-corrected chi connectivity index (χ3v) is 4.28. The Morgan fingerprint density at radius 1 is 0.682 bits per heavy atom. The van der Waals surface area contributed by atoms with Gasteiger partial charge in [-0.05, 0) is 59.0 Å². The first kappa shape index (κ1) is 14.8. The predicted octanol–water partition coefficient (Wildman–Crippen LogP) is 5.27. The number of carbonyl (C=O) groups excluding carboxylic acids is 1. The molecular weight excluding hydrogens is 385 g/mol.